The Morgan fingerprint density at radius 3 is 2.50 bits per heavy atom. The van der Waals surface area contributed by atoms with E-state index in [4.69, 9.17) is 4.74 Å². The minimum atomic E-state index is -0.838. The van der Waals surface area contributed by atoms with E-state index in [0.29, 0.717) is 17.5 Å². The zero-order valence-electron chi connectivity index (χ0n) is 16.8. The van der Waals surface area contributed by atoms with E-state index in [-0.39, 0.29) is 17.4 Å². The van der Waals surface area contributed by atoms with E-state index >= 15 is 0 Å². The summed E-state index contributed by atoms with van der Waals surface area (Å²) in [6.45, 7) is 8.28. The fourth-order valence-electron chi connectivity index (χ4n) is 5.00. The molecule has 2 saturated heterocycles. The summed E-state index contributed by atoms with van der Waals surface area (Å²) in [5.41, 5.74) is 0.820. The third kappa shape index (κ3) is 3.60. The zero-order valence-corrected chi connectivity index (χ0v) is 17.6. The van der Waals surface area contributed by atoms with Crippen LogP contribution in [0.1, 0.15) is 59.6 Å². The number of aromatic carboxylic acids is 1. The lowest BCUT2D eigenvalue weighted by molar-refractivity contribution is -0.136. The van der Waals surface area contributed by atoms with Crippen molar-refractivity contribution in [2.45, 2.75) is 57.6 Å². The number of rotatable bonds is 3. The minimum Gasteiger partial charge on any atom is -0.477 e. The maximum atomic E-state index is 12.2. The molecule has 1 aromatic heterocycles. The topological polar surface area (TPSA) is 70.1 Å². The predicted octanol–water partition coefficient (Wildman–Crippen LogP) is 2.96. The number of carboxylic acid groups (broad SMARTS) is 1. The molecular weight excluding hydrogens is 376 g/mol. The number of nitrogens with zero attached hydrogens (tertiary/aromatic N) is 2. The first-order chi connectivity index (χ1) is 13.4. The van der Waals surface area contributed by atoms with Crippen LogP contribution in [-0.2, 0) is 21.6 Å². The van der Waals surface area contributed by atoms with Gasteiger partial charge in [0.1, 0.15) is 4.88 Å². The maximum absolute atomic E-state index is 12.2. The van der Waals surface area contributed by atoms with Crippen LogP contribution in [0.25, 0.3) is 0 Å². The molecule has 4 rings (SSSR count). The van der Waals surface area contributed by atoms with Gasteiger partial charge in [0, 0.05) is 49.4 Å². The normalized spacial score (nSPS) is 23.2. The van der Waals surface area contributed by atoms with Crippen molar-refractivity contribution in [3.05, 3.63) is 21.4 Å². The molecule has 3 aliphatic rings. The molecule has 6 nitrogen and oxygen atoms in total. The van der Waals surface area contributed by atoms with Crippen LogP contribution in [0.3, 0.4) is 0 Å². The number of amides is 1. The van der Waals surface area contributed by atoms with Crippen molar-refractivity contribution in [3.8, 4) is 0 Å². The van der Waals surface area contributed by atoms with Crippen LogP contribution in [0.2, 0.25) is 0 Å². The molecule has 3 aliphatic heterocycles. The summed E-state index contributed by atoms with van der Waals surface area (Å²) in [5, 5.41) is 9.36. The highest BCUT2D eigenvalue weighted by atomic mass is 32.1. The number of carbonyl (C=O) groups excluding carboxylic acids is 1. The second-order valence-electron chi connectivity index (χ2n) is 8.59. The molecule has 28 heavy (non-hydrogen) atoms. The quantitative estimate of drug-likeness (QED) is 0.836. The minimum absolute atomic E-state index is 0.0744. The summed E-state index contributed by atoms with van der Waals surface area (Å²) < 4.78 is 6.27. The highest BCUT2D eigenvalue weighted by Gasteiger charge is 2.43. The molecule has 0 unspecified atom stereocenters. The Labute approximate surface area is 170 Å². The van der Waals surface area contributed by atoms with E-state index < -0.39 is 5.97 Å². The number of piperidine rings is 2. The van der Waals surface area contributed by atoms with Gasteiger partial charge in [-0.25, -0.2) is 4.79 Å². The van der Waals surface area contributed by atoms with Gasteiger partial charge in [-0.1, -0.05) is 13.8 Å². The van der Waals surface area contributed by atoms with Gasteiger partial charge >= 0.3 is 5.97 Å². The van der Waals surface area contributed by atoms with Crippen LogP contribution in [-0.4, -0.2) is 65.6 Å². The first-order valence-corrected chi connectivity index (χ1v) is 11.2. The highest BCUT2D eigenvalue weighted by molar-refractivity contribution is 7.14. The third-order valence-corrected chi connectivity index (χ3v) is 7.79. The van der Waals surface area contributed by atoms with E-state index in [1.807, 2.05) is 24.8 Å². The first-order valence-electron chi connectivity index (χ1n) is 10.4. The molecule has 0 aromatic carbocycles. The number of likely N-dealkylation sites (tertiary alicyclic amines) is 2. The van der Waals surface area contributed by atoms with Crippen molar-refractivity contribution in [2.75, 3.05) is 32.8 Å². The number of fused-ring (bicyclic) bond motifs is 2. The van der Waals surface area contributed by atoms with Crippen LogP contribution in [0.5, 0.6) is 0 Å². The van der Waals surface area contributed by atoms with E-state index in [9.17, 15) is 14.7 Å². The molecule has 4 heterocycles. The van der Waals surface area contributed by atoms with Crippen LogP contribution >= 0.6 is 11.3 Å². The lowest BCUT2D eigenvalue weighted by atomic mass is 9.81. The van der Waals surface area contributed by atoms with Gasteiger partial charge in [-0.2, -0.15) is 0 Å². The van der Waals surface area contributed by atoms with Gasteiger partial charge in [0.15, 0.2) is 0 Å². The predicted molar refractivity (Wildman–Crippen MR) is 108 cm³/mol. The molecule has 0 saturated carbocycles. The molecular formula is C21H30N2O4S. The number of ether oxygens (including phenoxy) is 1. The standard InChI is InChI=1S/C21H30N2O4S/c1-14(2)19(24)23-8-3-15(4-9-23)22-10-6-21(7-11-22)16-13-18(20(25)26)28-17(16)5-12-27-21/h13-15H,3-12H2,1-2H3,(H,25,26). The molecule has 0 bridgehead atoms. The van der Waals surface area contributed by atoms with Gasteiger partial charge < -0.3 is 19.6 Å². The first kappa shape index (κ1) is 19.9. The summed E-state index contributed by atoms with van der Waals surface area (Å²) in [7, 11) is 0. The fourth-order valence-corrected chi connectivity index (χ4v) is 6.07. The SMILES string of the molecule is CC(C)C(=O)N1CCC(N2CCC3(CC2)OCCc2sc(C(=O)O)cc23)CC1. The van der Waals surface area contributed by atoms with E-state index in [0.717, 1.165) is 63.8 Å². The molecule has 7 heteroatoms. The van der Waals surface area contributed by atoms with E-state index in [1.54, 1.807) is 0 Å². The van der Waals surface area contributed by atoms with Crippen molar-refractivity contribution < 1.29 is 19.4 Å². The molecule has 1 amide bonds. The summed E-state index contributed by atoms with van der Waals surface area (Å²) in [6.07, 6.45) is 4.74. The number of hydrogen-bond acceptors (Lipinski definition) is 5. The third-order valence-electron chi connectivity index (χ3n) is 6.61. The van der Waals surface area contributed by atoms with Crippen LogP contribution in [0, 0.1) is 5.92 Å². The summed E-state index contributed by atoms with van der Waals surface area (Å²) in [6, 6.07) is 2.39. The summed E-state index contributed by atoms with van der Waals surface area (Å²) in [4.78, 5) is 29.8. The molecule has 1 N–H and O–H groups in total. The van der Waals surface area contributed by atoms with Gasteiger partial charge in [-0.05, 0) is 37.3 Å². The molecule has 154 valence electrons. The second-order valence-corrected chi connectivity index (χ2v) is 9.73. The Bertz CT molecular complexity index is 744. The average molecular weight is 407 g/mol. The van der Waals surface area contributed by atoms with Crippen molar-refractivity contribution in [1.82, 2.24) is 9.80 Å². The molecule has 0 atom stereocenters. The summed E-state index contributed by atoms with van der Waals surface area (Å²) >= 11 is 1.41. The Kier molecular flexibility index (Phi) is 5.51. The van der Waals surface area contributed by atoms with Crippen molar-refractivity contribution in [2.24, 2.45) is 5.92 Å². The number of thiophene rings is 1. The average Bonchev–Trinajstić information content (AvgIpc) is 3.15. The Hall–Kier alpha value is -1.44. The van der Waals surface area contributed by atoms with Crippen LogP contribution in [0.15, 0.2) is 6.07 Å². The Morgan fingerprint density at radius 1 is 1.21 bits per heavy atom. The molecule has 1 spiro atoms. The van der Waals surface area contributed by atoms with E-state index in [2.05, 4.69) is 4.90 Å². The Balaban J connectivity index is 1.38. The summed E-state index contributed by atoms with van der Waals surface area (Å²) in [5.74, 6) is -0.495. The van der Waals surface area contributed by atoms with Crippen molar-refractivity contribution in [1.29, 1.82) is 0 Å². The van der Waals surface area contributed by atoms with Gasteiger partial charge in [0.05, 0.1) is 12.2 Å². The van der Waals surface area contributed by atoms with Gasteiger partial charge in [-0.3, -0.25) is 4.79 Å². The second kappa shape index (κ2) is 7.76. The zero-order chi connectivity index (χ0) is 19.9. The molecule has 2 fully saturated rings. The van der Waals surface area contributed by atoms with Gasteiger partial charge in [0.25, 0.3) is 0 Å². The van der Waals surface area contributed by atoms with Gasteiger partial charge in [0.2, 0.25) is 5.91 Å². The molecule has 0 aliphatic carbocycles. The highest BCUT2D eigenvalue weighted by Crippen LogP contribution is 2.45. The van der Waals surface area contributed by atoms with Crippen molar-refractivity contribution >= 4 is 23.2 Å². The number of carbonyl (C=O) groups is 2. The lowest BCUT2D eigenvalue weighted by Crippen LogP contribution is -2.53. The lowest BCUT2D eigenvalue weighted by Gasteiger charge is -2.47. The Morgan fingerprint density at radius 2 is 1.89 bits per heavy atom. The van der Waals surface area contributed by atoms with Crippen LogP contribution < -0.4 is 0 Å². The largest absolute Gasteiger partial charge is 0.477 e. The molecule has 0 radical (unpaired) electrons. The maximum Gasteiger partial charge on any atom is 0.345 e. The molecule has 1 aromatic rings. The smallest absolute Gasteiger partial charge is 0.345 e. The fraction of sp³-hybridized carbons (Fsp3) is 0.714. The van der Waals surface area contributed by atoms with Crippen molar-refractivity contribution in [3.63, 3.8) is 0 Å². The number of carboxylic acids is 1. The number of hydrogen-bond donors (Lipinski definition) is 1. The monoisotopic (exact) mass is 406 g/mol. The van der Waals surface area contributed by atoms with E-state index in [1.165, 1.54) is 16.2 Å². The van der Waals surface area contributed by atoms with Crippen LogP contribution in [0.4, 0.5) is 0 Å². The van der Waals surface area contributed by atoms with Gasteiger partial charge in [-0.15, -0.1) is 11.3 Å².